The summed E-state index contributed by atoms with van der Waals surface area (Å²) in [7, 11) is 0. The normalized spacial score (nSPS) is 15.4. The van der Waals surface area contributed by atoms with E-state index in [1.165, 1.54) is 10.4 Å². The lowest BCUT2D eigenvalue weighted by molar-refractivity contribution is 0.588. The number of hydrogen-bond donors (Lipinski definition) is 2. The zero-order chi connectivity index (χ0) is 13.9. The van der Waals surface area contributed by atoms with E-state index in [4.69, 9.17) is 0 Å². The van der Waals surface area contributed by atoms with Crippen LogP contribution in [0, 0.1) is 13.8 Å². The SMILES string of the molecule is Cc1cc(Nc2ncc(N3CCNCC3)cn2)sc1C. The van der Waals surface area contributed by atoms with Crippen molar-refractivity contribution in [1.82, 2.24) is 15.3 Å². The van der Waals surface area contributed by atoms with Crippen molar-refractivity contribution in [3.8, 4) is 0 Å². The van der Waals surface area contributed by atoms with Crippen molar-refractivity contribution in [1.29, 1.82) is 0 Å². The highest BCUT2D eigenvalue weighted by Crippen LogP contribution is 2.27. The topological polar surface area (TPSA) is 53.1 Å². The van der Waals surface area contributed by atoms with Gasteiger partial charge in [0.2, 0.25) is 5.95 Å². The second kappa shape index (κ2) is 5.76. The first kappa shape index (κ1) is 13.3. The number of nitrogens with one attached hydrogen (secondary N) is 2. The first-order valence-electron chi connectivity index (χ1n) is 6.84. The minimum atomic E-state index is 0.658. The van der Waals surface area contributed by atoms with Crippen LogP contribution < -0.4 is 15.5 Å². The maximum atomic E-state index is 4.41. The minimum absolute atomic E-state index is 0.658. The first-order chi connectivity index (χ1) is 9.72. The summed E-state index contributed by atoms with van der Waals surface area (Å²) >= 11 is 1.73. The summed E-state index contributed by atoms with van der Waals surface area (Å²) in [6.07, 6.45) is 3.79. The van der Waals surface area contributed by atoms with Gasteiger partial charge in [-0.15, -0.1) is 11.3 Å². The third kappa shape index (κ3) is 2.91. The van der Waals surface area contributed by atoms with E-state index in [1.54, 1.807) is 11.3 Å². The van der Waals surface area contributed by atoms with Crippen molar-refractivity contribution in [3.05, 3.63) is 28.9 Å². The Morgan fingerprint density at radius 1 is 1.20 bits per heavy atom. The molecule has 0 radical (unpaired) electrons. The van der Waals surface area contributed by atoms with E-state index in [-0.39, 0.29) is 0 Å². The van der Waals surface area contributed by atoms with Gasteiger partial charge in [0.1, 0.15) is 0 Å². The summed E-state index contributed by atoms with van der Waals surface area (Å²) in [5.41, 5.74) is 2.39. The molecule has 0 bridgehead atoms. The maximum Gasteiger partial charge on any atom is 0.227 e. The number of thiophene rings is 1. The zero-order valence-electron chi connectivity index (χ0n) is 11.8. The smallest absolute Gasteiger partial charge is 0.227 e. The second-order valence-corrected chi connectivity index (χ2v) is 6.23. The van der Waals surface area contributed by atoms with Crippen LogP contribution in [0.3, 0.4) is 0 Å². The number of anilines is 3. The molecule has 20 heavy (non-hydrogen) atoms. The van der Waals surface area contributed by atoms with Gasteiger partial charge in [-0.3, -0.25) is 0 Å². The van der Waals surface area contributed by atoms with Gasteiger partial charge in [-0.1, -0.05) is 0 Å². The van der Waals surface area contributed by atoms with Crippen LogP contribution in [0.25, 0.3) is 0 Å². The Labute approximate surface area is 123 Å². The largest absolute Gasteiger partial charge is 0.366 e. The third-order valence-electron chi connectivity index (χ3n) is 3.52. The molecule has 0 saturated carbocycles. The summed E-state index contributed by atoms with van der Waals surface area (Å²) in [5, 5.41) is 7.70. The van der Waals surface area contributed by atoms with Crippen molar-refractivity contribution >= 4 is 28.0 Å². The molecule has 6 heteroatoms. The fourth-order valence-corrected chi connectivity index (χ4v) is 3.14. The molecule has 106 valence electrons. The Bertz CT molecular complexity index is 552. The van der Waals surface area contributed by atoms with Crippen LogP contribution in [-0.2, 0) is 0 Å². The number of hydrogen-bond acceptors (Lipinski definition) is 6. The van der Waals surface area contributed by atoms with Crippen LogP contribution >= 0.6 is 11.3 Å². The Morgan fingerprint density at radius 2 is 1.90 bits per heavy atom. The van der Waals surface area contributed by atoms with Gasteiger partial charge < -0.3 is 15.5 Å². The Hall–Kier alpha value is -1.66. The monoisotopic (exact) mass is 289 g/mol. The molecule has 2 aromatic rings. The summed E-state index contributed by atoms with van der Waals surface area (Å²) in [6, 6.07) is 2.13. The quantitative estimate of drug-likeness (QED) is 0.908. The Morgan fingerprint density at radius 3 is 2.50 bits per heavy atom. The summed E-state index contributed by atoms with van der Waals surface area (Å²) in [5.74, 6) is 0.658. The predicted molar refractivity (Wildman–Crippen MR) is 84.2 cm³/mol. The van der Waals surface area contributed by atoms with Crippen LogP contribution in [-0.4, -0.2) is 36.1 Å². The van der Waals surface area contributed by atoms with Gasteiger partial charge in [0.05, 0.1) is 23.1 Å². The van der Waals surface area contributed by atoms with E-state index in [1.807, 2.05) is 12.4 Å². The highest BCUT2D eigenvalue weighted by Gasteiger charge is 2.11. The summed E-state index contributed by atoms with van der Waals surface area (Å²) < 4.78 is 0. The molecule has 1 aliphatic rings. The molecule has 2 aromatic heterocycles. The van der Waals surface area contributed by atoms with Gasteiger partial charge in [0, 0.05) is 31.1 Å². The molecule has 1 aliphatic heterocycles. The van der Waals surface area contributed by atoms with Gasteiger partial charge in [-0.25, -0.2) is 9.97 Å². The molecule has 0 aromatic carbocycles. The molecule has 0 atom stereocenters. The van der Waals surface area contributed by atoms with Gasteiger partial charge in [-0.2, -0.15) is 0 Å². The van der Waals surface area contributed by atoms with E-state index in [0.717, 1.165) is 36.9 Å². The average Bonchev–Trinajstić information content (AvgIpc) is 2.79. The number of nitrogens with zero attached hydrogens (tertiary/aromatic N) is 3. The van der Waals surface area contributed by atoms with Crippen LogP contribution in [0.1, 0.15) is 10.4 Å². The lowest BCUT2D eigenvalue weighted by Gasteiger charge is -2.28. The second-order valence-electron chi connectivity index (χ2n) is 4.98. The average molecular weight is 289 g/mol. The van der Waals surface area contributed by atoms with E-state index in [9.17, 15) is 0 Å². The van der Waals surface area contributed by atoms with Crippen molar-refractivity contribution in [2.45, 2.75) is 13.8 Å². The molecule has 0 spiro atoms. The molecule has 3 rings (SSSR count). The number of aryl methyl sites for hydroxylation is 2. The Kier molecular flexibility index (Phi) is 3.84. The zero-order valence-corrected chi connectivity index (χ0v) is 12.6. The Balaban J connectivity index is 1.69. The number of piperazine rings is 1. The highest BCUT2D eigenvalue weighted by atomic mass is 32.1. The molecular weight excluding hydrogens is 270 g/mol. The third-order valence-corrected chi connectivity index (χ3v) is 4.59. The molecule has 1 saturated heterocycles. The molecule has 3 heterocycles. The van der Waals surface area contributed by atoms with Gasteiger partial charge in [0.15, 0.2) is 0 Å². The molecule has 0 unspecified atom stereocenters. The predicted octanol–water partition coefficient (Wildman–Crippen LogP) is 2.31. The molecule has 0 aliphatic carbocycles. The molecule has 1 fully saturated rings. The van der Waals surface area contributed by atoms with E-state index >= 15 is 0 Å². The lowest BCUT2D eigenvalue weighted by Crippen LogP contribution is -2.43. The fourth-order valence-electron chi connectivity index (χ4n) is 2.22. The van der Waals surface area contributed by atoms with Crippen molar-refractivity contribution < 1.29 is 0 Å². The first-order valence-corrected chi connectivity index (χ1v) is 7.66. The van der Waals surface area contributed by atoms with Gasteiger partial charge in [0.25, 0.3) is 0 Å². The van der Waals surface area contributed by atoms with Gasteiger partial charge in [-0.05, 0) is 25.5 Å². The van der Waals surface area contributed by atoms with Crippen LogP contribution in [0.15, 0.2) is 18.5 Å². The number of aromatic nitrogens is 2. The fraction of sp³-hybridized carbons (Fsp3) is 0.429. The van der Waals surface area contributed by atoms with Crippen LogP contribution in [0.2, 0.25) is 0 Å². The molecule has 0 amide bonds. The van der Waals surface area contributed by atoms with Crippen molar-refractivity contribution in [2.75, 3.05) is 36.4 Å². The summed E-state index contributed by atoms with van der Waals surface area (Å²) in [4.78, 5) is 12.5. The van der Waals surface area contributed by atoms with Crippen molar-refractivity contribution in [3.63, 3.8) is 0 Å². The summed E-state index contributed by atoms with van der Waals surface area (Å²) in [6.45, 7) is 8.31. The molecule has 5 nitrogen and oxygen atoms in total. The van der Waals surface area contributed by atoms with E-state index in [0.29, 0.717) is 5.95 Å². The van der Waals surface area contributed by atoms with Crippen LogP contribution in [0.5, 0.6) is 0 Å². The van der Waals surface area contributed by atoms with Crippen molar-refractivity contribution in [2.24, 2.45) is 0 Å². The van der Waals surface area contributed by atoms with E-state index < -0.39 is 0 Å². The number of rotatable bonds is 3. The molecular formula is C14H19N5S. The minimum Gasteiger partial charge on any atom is -0.366 e. The maximum absolute atomic E-state index is 4.41. The standard InChI is InChI=1S/C14H19N5S/c1-10-7-13(20-11(10)2)18-14-16-8-12(9-17-14)19-5-3-15-4-6-19/h7-9,15H,3-6H2,1-2H3,(H,16,17,18). The van der Waals surface area contributed by atoms with E-state index in [2.05, 4.69) is 45.4 Å². The van der Waals surface area contributed by atoms with Gasteiger partial charge >= 0.3 is 0 Å². The lowest BCUT2D eigenvalue weighted by atomic mass is 10.3. The van der Waals surface area contributed by atoms with Crippen LogP contribution in [0.4, 0.5) is 16.6 Å². The molecule has 2 N–H and O–H groups in total. The highest BCUT2D eigenvalue weighted by molar-refractivity contribution is 7.16.